The molecule has 0 saturated carbocycles. The Kier molecular flexibility index (Phi) is 7.94. The maximum atomic E-state index is 2.34. The van der Waals surface area contributed by atoms with Crippen molar-refractivity contribution in [1.29, 1.82) is 0 Å². The Morgan fingerprint density at radius 3 is 1.33 bits per heavy atom. The van der Waals surface area contributed by atoms with Gasteiger partial charge in [0.2, 0.25) is 0 Å². The molecule has 0 radical (unpaired) electrons. The Bertz CT molecular complexity index is 1440. The number of nitrogens with zero attached hydrogens (tertiary/aromatic N) is 2. The minimum absolute atomic E-state index is 0.134. The van der Waals surface area contributed by atoms with E-state index in [0.29, 0.717) is 0 Å². The fourth-order valence-electron chi connectivity index (χ4n) is 5.26. The number of anilines is 4. The number of para-hydroxylation sites is 2. The molecule has 0 saturated heterocycles. The lowest BCUT2D eigenvalue weighted by Gasteiger charge is -2.25. The van der Waals surface area contributed by atoms with Gasteiger partial charge in [-0.15, -0.1) is 0 Å². The van der Waals surface area contributed by atoms with Crippen molar-refractivity contribution in [2.24, 2.45) is 0 Å². The van der Waals surface area contributed by atoms with Crippen molar-refractivity contribution in [3.8, 4) is 0 Å². The molecule has 0 spiro atoms. The molecule has 0 aromatic heterocycles. The molecular weight excluding hydrogens is 472 g/mol. The van der Waals surface area contributed by atoms with Gasteiger partial charge in [0.25, 0.3) is 0 Å². The van der Waals surface area contributed by atoms with Gasteiger partial charge in [-0.05, 0) is 78.1 Å². The minimum atomic E-state index is 0.134. The van der Waals surface area contributed by atoms with Crippen LogP contribution in [-0.2, 0) is 0 Å². The Hall–Kier alpha value is -4.56. The predicted octanol–water partition coefficient (Wildman–Crippen LogP) is 9.68. The van der Waals surface area contributed by atoms with Gasteiger partial charge in [-0.3, -0.25) is 0 Å². The Labute approximate surface area is 233 Å². The summed E-state index contributed by atoms with van der Waals surface area (Å²) in [6.45, 7) is 4.42. The van der Waals surface area contributed by atoms with E-state index in [1.165, 1.54) is 50.6 Å². The zero-order valence-corrected chi connectivity index (χ0v) is 23.3. The zero-order chi connectivity index (χ0) is 27.2. The molecule has 2 nitrogen and oxygen atoms in total. The Morgan fingerprint density at radius 1 is 0.513 bits per heavy atom. The molecule has 0 aliphatic heterocycles. The molecule has 0 aliphatic carbocycles. The summed E-state index contributed by atoms with van der Waals surface area (Å²) in [6.07, 6.45) is 4.57. The number of aryl methyl sites for hydroxylation is 2. The minimum Gasteiger partial charge on any atom is -0.344 e. The lowest BCUT2D eigenvalue weighted by atomic mass is 9.88. The number of rotatable bonds is 8. The second kappa shape index (κ2) is 11.9. The molecular formula is C37H36N2. The third kappa shape index (κ3) is 5.97. The van der Waals surface area contributed by atoms with E-state index in [9.17, 15) is 0 Å². The molecule has 0 amide bonds. The summed E-state index contributed by atoms with van der Waals surface area (Å²) >= 11 is 0. The molecule has 39 heavy (non-hydrogen) atoms. The van der Waals surface area contributed by atoms with Gasteiger partial charge in [-0.2, -0.15) is 0 Å². The largest absolute Gasteiger partial charge is 0.344 e. The van der Waals surface area contributed by atoms with Crippen molar-refractivity contribution < 1.29 is 0 Å². The maximum Gasteiger partial charge on any atom is 0.0438 e. The molecule has 5 aromatic rings. The van der Waals surface area contributed by atoms with Crippen LogP contribution < -0.4 is 9.80 Å². The highest BCUT2D eigenvalue weighted by atomic mass is 15.1. The van der Waals surface area contributed by atoms with Gasteiger partial charge in [-0.1, -0.05) is 103 Å². The first-order chi connectivity index (χ1) is 19.0. The van der Waals surface area contributed by atoms with Crippen molar-refractivity contribution in [2.45, 2.75) is 19.8 Å². The normalized spacial score (nSPS) is 11.2. The Morgan fingerprint density at radius 2 is 0.923 bits per heavy atom. The summed E-state index contributed by atoms with van der Waals surface area (Å²) in [4.78, 5) is 4.51. The second-order valence-corrected chi connectivity index (χ2v) is 10.1. The molecule has 194 valence electrons. The van der Waals surface area contributed by atoms with Gasteiger partial charge < -0.3 is 9.80 Å². The van der Waals surface area contributed by atoms with Crippen LogP contribution in [0, 0.1) is 13.8 Å². The van der Waals surface area contributed by atoms with E-state index in [-0.39, 0.29) is 5.92 Å². The van der Waals surface area contributed by atoms with Crippen LogP contribution in [0.4, 0.5) is 22.7 Å². The van der Waals surface area contributed by atoms with Gasteiger partial charge in [0.1, 0.15) is 0 Å². The quantitative estimate of drug-likeness (QED) is 0.206. The van der Waals surface area contributed by atoms with Crippen molar-refractivity contribution in [3.05, 3.63) is 161 Å². The van der Waals surface area contributed by atoms with E-state index in [1.54, 1.807) is 0 Å². The lowest BCUT2D eigenvalue weighted by molar-refractivity contribution is 1.02. The van der Waals surface area contributed by atoms with Crippen LogP contribution in [-0.4, -0.2) is 14.1 Å². The third-order valence-corrected chi connectivity index (χ3v) is 7.45. The van der Waals surface area contributed by atoms with Gasteiger partial charge in [0.05, 0.1) is 0 Å². The topological polar surface area (TPSA) is 6.48 Å². The fraction of sp³-hybridized carbons (Fsp3) is 0.135. The van der Waals surface area contributed by atoms with Crippen molar-refractivity contribution in [1.82, 2.24) is 0 Å². The van der Waals surface area contributed by atoms with E-state index < -0.39 is 0 Å². The summed E-state index contributed by atoms with van der Waals surface area (Å²) in [6, 6.07) is 45.3. The van der Waals surface area contributed by atoms with Crippen LogP contribution in [0.15, 0.2) is 133 Å². The SMILES string of the molecule is Cc1cc(C(C=Cc2ccccc2)c2ccc(N(C)c3ccccc3)c(C)c2)ccc1N(C)c1ccccc1. The molecule has 0 heterocycles. The van der Waals surface area contributed by atoms with Crippen molar-refractivity contribution in [3.63, 3.8) is 0 Å². The molecule has 0 unspecified atom stereocenters. The van der Waals surface area contributed by atoms with Crippen LogP contribution in [0.3, 0.4) is 0 Å². The van der Waals surface area contributed by atoms with Crippen molar-refractivity contribution in [2.75, 3.05) is 23.9 Å². The molecule has 5 aromatic carbocycles. The monoisotopic (exact) mass is 508 g/mol. The summed E-state index contributed by atoms with van der Waals surface area (Å²) < 4.78 is 0. The predicted molar refractivity (Wildman–Crippen MR) is 169 cm³/mol. The average molecular weight is 509 g/mol. The standard InChI is InChI=1S/C37H36N2/c1-28-26-31(21-24-36(28)38(3)33-16-10-6-11-17-33)35(23-20-30-14-8-5-9-15-30)32-22-25-37(29(2)27-32)39(4)34-18-12-7-13-19-34/h5-27,35H,1-4H3. The molecule has 2 heteroatoms. The summed E-state index contributed by atoms with van der Waals surface area (Å²) in [5, 5.41) is 0. The summed E-state index contributed by atoms with van der Waals surface area (Å²) in [5.74, 6) is 0.134. The molecule has 0 N–H and O–H groups in total. The number of hydrogen-bond acceptors (Lipinski definition) is 2. The molecule has 0 atom stereocenters. The van der Waals surface area contributed by atoms with E-state index in [0.717, 1.165) is 0 Å². The van der Waals surface area contributed by atoms with Crippen LogP contribution in [0.2, 0.25) is 0 Å². The molecule has 5 rings (SSSR count). The third-order valence-electron chi connectivity index (χ3n) is 7.45. The lowest BCUT2D eigenvalue weighted by Crippen LogP contribution is -2.12. The van der Waals surface area contributed by atoms with E-state index >= 15 is 0 Å². The number of benzene rings is 5. The highest BCUT2D eigenvalue weighted by molar-refractivity contribution is 5.68. The second-order valence-electron chi connectivity index (χ2n) is 10.1. The first-order valence-electron chi connectivity index (χ1n) is 13.5. The van der Waals surface area contributed by atoms with E-state index in [1.807, 2.05) is 0 Å². The Balaban J connectivity index is 1.51. The van der Waals surface area contributed by atoms with Gasteiger partial charge in [0.15, 0.2) is 0 Å². The molecule has 0 aliphatic rings. The maximum absolute atomic E-state index is 2.34. The van der Waals surface area contributed by atoms with Gasteiger partial charge >= 0.3 is 0 Å². The summed E-state index contributed by atoms with van der Waals surface area (Å²) in [5.41, 5.74) is 11.1. The summed E-state index contributed by atoms with van der Waals surface area (Å²) in [7, 11) is 4.27. The number of hydrogen-bond donors (Lipinski definition) is 0. The van der Waals surface area contributed by atoms with Gasteiger partial charge in [-0.25, -0.2) is 0 Å². The van der Waals surface area contributed by atoms with Gasteiger partial charge in [0, 0.05) is 42.8 Å². The van der Waals surface area contributed by atoms with Crippen LogP contribution in [0.25, 0.3) is 6.08 Å². The first-order valence-corrected chi connectivity index (χ1v) is 13.5. The van der Waals surface area contributed by atoms with E-state index in [2.05, 4.69) is 177 Å². The highest BCUT2D eigenvalue weighted by Gasteiger charge is 2.16. The molecule has 0 fully saturated rings. The van der Waals surface area contributed by atoms with Crippen LogP contribution in [0.5, 0.6) is 0 Å². The first kappa shape index (κ1) is 26.1. The van der Waals surface area contributed by atoms with Crippen molar-refractivity contribution >= 4 is 28.8 Å². The fourth-order valence-corrected chi connectivity index (χ4v) is 5.26. The van der Waals surface area contributed by atoms with Crippen LogP contribution >= 0.6 is 0 Å². The van der Waals surface area contributed by atoms with Crippen LogP contribution in [0.1, 0.15) is 33.7 Å². The number of allylic oxidation sites excluding steroid dienone is 1. The molecule has 0 bridgehead atoms. The highest BCUT2D eigenvalue weighted by Crippen LogP contribution is 2.35. The average Bonchev–Trinajstić information content (AvgIpc) is 2.98. The smallest absolute Gasteiger partial charge is 0.0438 e. The zero-order valence-electron chi connectivity index (χ0n) is 23.3. The van der Waals surface area contributed by atoms with E-state index in [4.69, 9.17) is 0 Å².